The Morgan fingerprint density at radius 1 is 1.28 bits per heavy atom. The quantitative estimate of drug-likeness (QED) is 0.456. The highest BCUT2D eigenvalue weighted by molar-refractivity contribution is 7.99. The monoisotopic (exact) mass is 431 g/mol. The molecule has 1 aliphatic rings. The Morgan fingerprint density at radius 2 is 2.00 bits per heavy atom. The molecule has 2 aromatic heterocycles. The molecular formula is C21H22FN3O2S2. The van der Waals surface area contributed by atoms with Crippen LogP contribution in [0, 0.1) is 5.82 Å². The van der Waals surface area contributed by atoms with Crippen molar-refractivity contribution in [3.8, 4) is 0 Å². The molecule has 1 aromatic carbocycles. The number of hydrogen-bond donors (Lipinski definition) is 0. The highest BCUT2D eigenvalue weighted by Gasteiger charge is 2.21. The number of carbonyl (C=O) groups excluding carboxylic acids is 1. The molecule has 0 saturated carbocycles. The van der Waals surface area contributed by atoms with Crippen LogP contribution in [-0.2, 0) is 31.2 Å². The maximum Gasteiger partial charge on any atom is 0.262 e. The van der Waals surface area contributed by atoms with Gasteiger partial charge in [0.05, 0.1) is 11.1 Å². The highest BCUT2D eigenvalue weighted by atomic mass is 32.2. The van der Waals surface area contributed by atoms with Gasteiger partial charge >= 0.3 is 0 Å². The molecule has 0 N–H and O–H groups in total. The summed E-state index contributed by atoms with van der Waals surface area (Å²) in [6, 6.07) is 6.11. The van der Waals surface area contributed by atoms with E-state index in [4.69, 9.17) is 4.98 Å². The number of aryl methyl sites for hydroxylation is 2. The first-order chi connectivity index (χ1) is 13.9. The van der Waals surface area contributed by atoms with Crippen LogP contribution in [0.1, 0.15) is 28.8 Å². The lowest BCUT2D eigenvalue weighted by molar-refractivity contribution is -0.127. The van der Waals surface area contributed by atoms with Crippen molar-refractivity contribution in [3.05, 3.63) is 56.4 Å². The SMILES string of the molecule is CN(Cc1ccc(F)cc1)C(=O)CSc1nc2sc3c(c2c(=O)n1C)CCCC3. The summed E-state index contributed by atoms with van der Waals surface area (Å²) in [4.78, 5) is 33.8. The van der Waals surface area contributed by atoms with Gasteiger partial charge in [-0.2, -0.15) is 0 Å². The number of thiophene rings is 1. The Morgan fingerprint density at radius 3 is 2.76 bits per heavy atom. The number of fused-ring (bicyclic) bond motifs is 3. The van der Waals surface area contributed by atoms with E-state index < -0.39 is 0 Å². The zero-order valence-electron chi connectivity index (χ0n) is 16.4. The van der Waals surface area contributed by atoms with Crippen molar-refractivity contribution in [1.29, 1.82) is 0 Å². The van der Waals surface area contributed by atoms with E-state index >= 15 is 0 Å². The van der Waals surface area contributed by atoms with Crippen LogP contribution in [0.25, 0.3) is 10.2 Å². The minimum absolute atomic E-state index is 0.0241. The van der Waals surface area contributed by atoms with Gasteiger partial charge in [-0.3, -0.25) is 14.2 Å². The van der Waals surface area contributed by atoms with Crippen molar-refractivity contribution in [2.75, 3.05) is 12.8 Å². The van der Waals surface area contributed by atoms with Crippen molar-refractivity contribution in [1.82, 2.24) is 14.5 Å². The highest BCUT2D eigenvalue weighted by Crippen LogP contribution is 2.34. The van der Waals surface area contributed by atoms with Crippen LogP contribution in [-0.4, -0.2) is 33.2 Å². The molecule has 0 spiro atoms. The average molecular weight is 432 g/mol. The van der Waals surface area contributed by atoms with E-state index in [2.05, 4.69) is 0 Å². The summed E-state index contributed by atoms with van der Waals surface area (Å²) in [5.74, 6) is -0.177. The van der Waals surface area contributed by atoms with Gasteiger partial charge in [0.2, 0.25) is 5.91 Å². The second-order valence-corrected chi connectivity index (χ2v) is 9.34. The van der Waals surface area contributed by atoms with Crippen molar-refractivity contribution < 1.29 is 9.18 Å². The Labute approximate surface area is 176 Å². The van der Waals surface area contributed by atoms with Crippen molar-refractivity contribution in [2.45, 2.75) is 37.4 Å². The molecule has 29 heavy (non-hydrogen) atoms. The Balaban J connectivity index is 1.49. The number of aromatic nitrogens is 2. The first-order valence-electron chi connectivity index (χ1n) is 9.56. The van der Waals surface area contributed by atoms with E-state index in [1.165, 1.54) is 34.3 Å². The van der Waals surface area contributed by atoms with Gasteiger partial charge in [0.25, 0.3) is 5.56 Å². The molecule has 8 heteroatoms. The number of benzene rings is 1. The number of nitrogens with zero attached hydrogens (tertiary/aromatic N) is 3. The van der Waals surface area contributed by atoms with E-state index in [0.29, 0.717) is 11.7 Å². The Hall–Kier alpha value is -2.19. The number of thioether (sulfide) groups is 1. The van der Waals surface area contributed by atoms with Gasteiger partial charge in [0.1, 0.15) is 10.6 Å². The number of amides is 1. The predicted molar refractivity (Wildman–Crippen MR) is 115 cm³/mol. The van der Waals surface area contributed by atoms with Crippen LogP contribution in [0.15, 0.2) is 34.2 Å². The Kier molecular flexibility index (Phi) is 5.74. The smallest absolute Gasteiger partial charge is 0.262 e. The largest absolute Gasteiger partial charge is 0.341 e. The van der Waals surface area contributed by atoms with Crippen LogP contribution < -0.4 is 5.56 Å². The zero-order valence-corrected chi connectivity index (χ0v) is 18.0. The number of hydrogen-bond acceptors (Lipinski definition) is 5. The Bertz CT molecular complexity index is 1120. The van der Waals surface area contributed by atoms with Crippen LogP contribution in [0.3, 0.4) is 0 Å². The van der Waals surface area contributed by atoms with Crippen molar-refractivity contribution >= 4 is 39.2 Å². The fourth-order valence-electron chi connectivity index (χ4n) is 3.58. The third-order valence-corrected chi connectivity index (χ3v) is 7.44. The summed E-state index contributed by atoms with van der Waals surface area (Å²) in [7, 11) is 3.44. The van der Waals surface area contributed by atoms with Crippen LogP contribution in [0.2, 0.25) is 0 Å². The van der Waals surface area contributed by atoms with Gasteiger partial charge in [0, 0.05) is 25.5 Å². The van der Waals surface area contributed by atoms with E-state index in [-0.39, 0.29) is 23.0 Å². The maximum atomic E-state index is 13.0. The molecule has 0 aliphatic heterocycles. The summed E-state index contributed by atoms with van der Waals surface area (Å²) in [5, 5.41) is 1.32. The molecule has 3 aromatic rings. The molecule has 0 radical (unpaired) electrons. The van der Waals surface area contributed by atoms with Gasteiger partial charge in [-0.05, 0) is 48.9 Å². The summed E-state index contributed by atoms with van der Waals surface area (Å²) in [5.41, 5.74) is 2.02. The molecule has 0 unspecified atom stereocenters. The number of rotatable bonds is 5. The molecule has 0 fully saturated rings. The summed E-state index contributed by atoms with van der Waals surface area (Å²) in [6.45, 7) is 0.405. The fraction of sp³-hybridized carbons (Fsp3) is 0.381. The minimum Gasteiger partial charge on any atom is -0.341 e. The van der Waals surface area contributed by atoms with E-state index in [9.17, 15) is 14.0 Å². The minimum atomic E-state index is -0.295. The lowest BCUT2D eigenvalue weighted by Crippen LogP contribution is -2.28. The average Bonchev–Trinajstić information content (AvgIpc) is 3.09. The molecule has 1 aliphatic carbocycles. The second kappa shape index (κ2) is 8.28. The summed E-state index contributed by atoms with van der Waals surface area (Å²) >= 11 is 2.90. The molecular weight excluding hydrogens is 409 g/mol. The molecule has 5 nitrogen and oxygen atoms in total. The third kappa shape index (κ3) is 4.09. The van der Waals surface area contributed by atoms with Crippen LogP contribution in [0.5, 0.6) is 0 Å². The molecule has 152 valence electrons. The van der Waals surface area contributed by atoms with Gasteiger partial charge in [-0.15, -0.1) is 11.3 Å². The van der Waals surface area contributed by atoms with Crippen LogP contribution in [0.4, 0.5) is 4.39 Å². The van der Waals surface area contributed by atoms with E-state index in [1.807, 2.05) is 0 Å². The standard InChI is InChI=1S/C21H22FN3O2S2/c1-24(11-13-7-9-14(22)10-8-13)17(26)12-28-21-23-19-18(20(27)25(21)2)15-5-3-4-6-16(15)29-19/h7-10H,3-6,11-12H2,1-2H3. The van der Waals surface area contributed by atoms with Gasteiger partial charge in [0.15, 0.2) is 5.16 Å². The third-order valence-electron chi connectivity index (χ3n) is 5.24. The molecule has 0 atom stereocenters. The van der Waals surface area contributed by atoms with E-state index in [0.717, 1.165) is 41.5 Å². The van der Waals surface area contributed by atoms with E-state index in [1.54, 1.807) is 47.0 Å². The predicted octanol–water partition coefficient (Wildman–Crippen LogP) is 3.76. The molecule has 0 bridgehead atoms. The molecule has 0 saturated heterocycles. The molecule has 1 amide bonds. The second-order valence-electron chi connectivity index (χ2n) is 7.31. The van der Waals surface area contributed by atoms with Gasteiger partial charge in [-0.25, -0.2) is 9.37 Å². The first kappa shape index (κ1) is 20.1. The number of carbonyl (C=O) groups is 1. The molecule has 4 rings (SSSR count). The lowest BCUT2D eigenvalue weighted by Gasteiger charge is -2.17. The summed E-state index contributed by atoms with van der Waals surface area (Å²) in [6.07, 6.45) is 4.25. The lowest BCUT2D eigenvalue weighted by atomic mass is 9.97. The zero-order chi connectivity index (χ0) is 20.5. The molecule has 2 heterocycles. The number of halogens is 1. The maximum absolute atomic E-state index is 13.0. The van der Waals surface area contributed by atoms with Crippen LogP contribution >= 0.6 is 23.1 Å². The van der Waals surface area contributed by atoms with Crippen molar-refractivity contribution in [2.24, 2.45) is 7.05 Å². The van der Waals surface area contributed by atoms with Crippen molar-refractivity contribution in [3.63, 3.8) is 0 Å². The summed E-state index contributed by atoms with van der Waals surface area (Å²) < 4.78 is 14.6. The normalized spacial score (nSPS) is 13.5. The topological polar surface area (TPSA) is 55.2 Å². The van der Waals surface area contributed by atoms with Gasteiger partial charge < -0.3 is 4.90 Å². The first-order valence-corrected chi connectivity index (χ1v) is 11.4. The fourth-order valence-corrected chi connectivity index (χ4v) is 5.80. The van der Waals surface area contributed by atoms with Gasteiger partial charge in [-0.1, -0.05) is 23.9 Å².